The number of benzene rings is 1. The Morgan fingerprint density at radius 2 is 2.13 bits per heavy atom. The molecule has 1 fully saturated rings. The van der Waals surface area contributed by atoms with Crippen LogP contribution in [0.3, 0.4) is 0 Å². The Morgan fingerprint density at radius 3 is 2.96 bits per heavy atom. The molecule has 3 heterocycles. The molecule has 118 valence electrons. The average Bonchev–Trinajstić information content (AvgIpc) is 3.16. The van der Waals surface area contributed by atoms with Crippen LogP contribution in [0.25, 0.3) is 11.0 Å². The molecule has 0 amide bonds. The van der Waals surface area contributed by atoms with Gasteiger partial charge in [0.15, 0.2) is 5.65 Å². The maximum Gasteiger partial charge on any atom is 0.262 e. The van der Waals surface area contributed by atoms with E-state index in [1.165, 1.54) is 5.56 Å². The van der Waals surface area contributed by atoms with E-state index >= 15 is 0 Å². The van der Waals surface area contributed by atoms with E-state index in [1.807, 2.05) is 6.07 Å². The molecule has 2 aromatic heterocycles. The zero-order valence-corrected chi connectivity index (χ0v) is 13.1. The first-order chi connectivity index (χ1) is 11.2. The van der Waals surface area contributed by atoms with Crippen molar-refractivity contribution in [1.82, 2.24) is 24.6 Å². The average molecular weight is 309 g/mol. The highest BCUT2D eigenvalue weighted by molar-refractivity contribution is 5.72. The zero-order valence-electron chi connectivity index (χ0n) is 13.1. The second kappa shape index (κ2) is 5.62. The van der Waals surface area contributed by atoms with Crippen LogP contribution < -0.4 is 5.56 Å². The van der Waals surface area contributed by atoms with Crippen LogP contribution in [0.15, 0.2) is 41.3 Å². The Hall–Kier alpha value is -2.47. The number of likely N-dealkylation sites (tertiary alicyclic amines) is 1. The van der Waals surface area contributed by atoms with Gasteiger partial charge >= 0.3 is 0 Å². The van der Waals surface area contributed by atoms with Gasteiger partial charge in [0.05, 0.1) is 12.7 Å². The number of nitrogens with one attached hydrogen (secondary N) is 1. The molecule has 0 aliphatic carbocycles. The van der Waals surface area contributed by atoms with E-state index < -0.39 is 0 Å². The first kappa shape index (κ1) is 14.1. The highest BCUT2D eigenvalue weighted by atomic mass is 16.1. The molecule has 1 saturated heterocycles. The Morgan fingerprint density at radius 1 is 1.30 bits per heavy atom. The number of fused-ring (bicyclic) bond motifs is 1. The van der Waals surface area contributed by atoms with Crippen molar-refractivity contribution in [2.24, 2.45) is 7.05 Å². The van der Waals surface area contributed by atoms with Crippen molar-refractivity contribution in [2.45, 2.75) is 18.9 Å². The van der Waals surface area contributed by atoms with Gasteiger partial charge in [0, 0.05) is 13.6 Å². The fourth-order valence-electron chi connectivity index (χ4n) is 3.34. The molecule has 23 heavy (non-hydrogen) atoms. The van der Waals surface area contributed by atoms with Gasteiger partial charge in [0.1, 0.15) is 11.2 Å². The number of nitrogens with zero attached hydrogens (tertiary/aromatic N) is 4. The molecule has 1 aliphatic heterocycles. The van der Waals surface area contributed by atoms with Crippen LogP contribution >= 0.6 is 0 Å². The van der Waals surface area contributed by atoms with E-state index in [0.29, 0.717) is 29.3 Å². The van der Waals surface area contributed by atoms with Crippen LogP contribution in [0, 0.1) is 0 Å². The third-order valence-corrected chi connectivity index (χ3v) is 4.57. The topological polar surface area (TPSA) is 66.8 Å². The lowest BCUT2D eigenvalue weighted by atomic mass is 9.99. The van der Waals surface area contributed by atoms with Gasteiger partial charge < -0.3 is 4.98 Å². The normalized spacial score (nSPS) is 18.7. The summed E-state index contributed by atoms with van der Waals surface area (Å²) in [5, 5.41) is 4.64. The van der Waals surface area contributed by atoms with Crippen LogP contribution in [0.4, 0.5) is 0 Å². The summed E-state index contributed by atoms with van der Waals surface area (Å²) in [5.41, 5.74) is 1.91. The predicted molar refractivity (Wildman–Crippen MR) is 88.2 cm³/mol. The Labute approximate surface area is 133 Å². The molecule has 1 aromatic carbocycles. The van der Waals surface area contributed by atoms with E-state index in [1.54, 1.807) is 17.9 Å². The van der Waals surface area contributed by atoms with Crippen molar-refractivity contribution in [3.8, 4) is 0 Å². The van der Waals surface area contributed by atoms with Crippen LogP contribution in [0.2, 0.25) is 0 Å². The van der Waals surface area contributed by atoms with Gasteiger partial charge in [-0.2, -0.15) is 5.10 Å². The quantitative estimate of drug-likeness (QED) is 0.799. The molecule has 1 aliphatic rings. The molecule has 4 rings (SSSR count). The number of aromatic amines is 1. The number of aryl methyl sites for hydroxylation is 1. The Kier molecular flexibility index (Phi) is 3.46. The first-order valence-electron chi connectivity index (χ1n) is 7.89. The molecule has 6 heteroatoms. The van der Waals surface area contributed by atoms with Gasteiger partial charge in [-0.3, -0.25) is 14.4 Å². The first-order valence-corrected chi connectivity index (χ1v) is 7.89. The molecule has 0 saturated carbocycles. The SMILES string of the molecule is Cn1ncc2c(=O)[nH]c(CN3CCC(c4ccccc4)C3)nc21. The monoisotopic (exact) mass is 309 g/mol. The molecule has 1 N–H and O–H groups in total. The van der Waals surface area contributed by atoms with Crippen LogP contribution in [-0.4, -0.2) is 37.7 Å². The fourth-order valence-corrected chi connectivity index (χ4v) is 3.34. The van der Waals surface area contributed by atoms with Gasteiger partial charge in [0.2, 0.25) is 0 Å². The van der Waals surface area contributed by atoms with Crippen molar-refractivity contribution in [2.75, 3.05) is 13.1 Å². The van der Waals surface area contributed by atoms with Gasteiger partial charge in [-0.1, -0.05) is 30.3 Å². The summed E-state index contributed by atoms with van der Waals surface area (Å²) in [5.74, 6) is 1.27. The third kappa shape index (κ3) is 2.66. The molecule has 1 unspecified atom stereocenters. The Balaban J connectivity index is 1.53. The lowest BCUT2D eigenvalue weighted by Crippen LogP contribution is -2.23. The predicted octanol–water partition coefficient (Wildman–Crippen LogP) is 1.65. The minimum absolute atomic E-state index is 0.114. The zero-order chi connectivity index (χ0) is 15.8. The lowest BCUT2D eigenvalue weighted by Gasteiger charge is -2.15. The summed E-state index contributed by atoms with van der Waals surface area (Å²) in [6.07, 6.45) is 2.70. The molecular weight excluding hydrogens is 290 g/mol. The van der Waals surface area contributed by atoms with Crippen molar-refractivity contribution < 1.29 is 0 Å². The summed E-state index contributed by atoms with van der Waals surface area (Å²) in [7, 11) is 1.81. The summed E-state index contributed by atoms with van der Waals surface area (Å²) in [6, 6.07) is 10.6. The number of rotatable bonds is 3. The number of H-pyrrole nitrogens is 1. The highest BCUT2D eigenvalue weighted by Crippen LogP contribution is 2.27. The minimum Gasteiger partial charge on any atom is -0.309 e. The standard InChI is InChI=1S/C17H19N5O/c1-21-16-14(9-18-21)17(23)20-15(19-16)11-22-8-7-13(10-22)12-5-3-2-4-6-12/h2-6,9,13H,7-8,10-11H2,1H3,(H,19,20,23). The summed E-state index contributed by atoms with van der Waals surface area (Å²) in [4.78, 5) is 21.9. The number of aromatic nitrogens is 4. The molecule has 0 spiro atoms. The van der Waals surface area contributed by atoms with Gasteiger partial charge in [0.25, 0.3) is 5.56 Å². The van der Waals surface area contributed by atoms with E-state index in [4.69, 9.17) is 0 Å². The van der Waals surface area contributed by atoms with Crippen LogP contribution in [-0.2, 0) is 13.6 Å². The van der Waals surface area contributed by atoms with Crippen LogP contribution in [0.5, 0.6) is 0 Å². The van der Waals surface area contributed by atoms with E-state index in [-0.39, 0.29) is 5.56 Å². The third-order valence-electron chi connectivity index (χ3n) is 4.57. The highest BCUT2D eigenvalue weighted by Gasteiger charge is 2.24. The van der Waals surface area contributed by atoms with E-state index in [9.17, 15) is 4.79 Å². The second-order valence-electron chi connectivity index (χ2n) is 6.15. The minimum atomic E-state index is -0.114. The molecule has 0 radical (unpaired) electrons. The van der Waals surface area contributed by atoms with Crippen LogP contribution in [0.1, 0.15) is 23.7 Å². The van der Waals surface area contributed by atoms with Crippen molar-refractivity contribution >= 4 is 11.0 Å². The molecule has 3 aromatic rings. The van der Waals surface area contributed by atoms with Crippen molar-refractivity contribution in [3.63, 3.8) is 0 Å². The maximum absolute atomic E-state index is 12.1. The van der Waals surface area contributed by atoms with Gasteiger partial charge in [-0.05, 0) is 24.4 Å². The van der Waals surface area contributed by atoms with Gasteiger partial charge in [-0.25, -0.2) is 4.98 Å². The van der Waals surface area contributed by atoms with E-state index in [0.717, 1.165) is 19.5 Å². The molecule has 0 bridgehead atoms. The second-order valence-corrected chi connectivity index (χ2v) is 6.15. The lowest BCUT2D eigenvalue weighted by molar-refractivity contribution is 0.318. The van der Waals surface area contributed by atoms with Crippen molar-refractivity contribution in [3.05, 3.63) is 58.3 Å². The van der Waals surface area contributed by atoms with Crippen molar-refractivity contribution in [1.29, 1.82) is 0 Å². The molecule has 6 nitrogen and oxygen atoms in total. The summed E-state index contributed by atoms with van der Waals surface area (Å²) in [6.45, 7) is 2.68. The number of hydrogen-bond donors (Lipinski definition) is 1. The summed E-state index contributed by atoms with van der Waals surface area (Å²) >= 11 is 0. The summed E-state index contributed by atoms with van der Waals surface area (Å²) < 4.78 is 1.64. The smallest absolute Gasteiger partial charge is 0.262 e. The van der Waals surface area contributed by atoms with E-state index in [2.05, 4.69) is 44.2 Å². The Bertz CT molecular complexity index is 883. The van der Waals surface area contributed by atoms with Gasteiger partial charge in [-0.15, -0.1) is 0 Å². The number of hydrogen-bond acceptors (Lipinski definition) is 4. The molecule has 1 atom stereocenters. The molecular formula is C17H19N5O. The fraction of sp³-hybridized carbons (Fsp3) is 0.353. The maximum atomic E-state index is 12.1. The largest absolute Gasteiger partial charge is 0.309 e.